The number of rotatable bonds is 1. The summed E-state index contributed by atoms with van der Waals surface area (Å²) in [5.74, 6) is 0.363. The highest BCUT2D eigenvalue weighted by Gasteiger charge is 2.26. The number of aliphatic hydroxyl groups excluding tert-OH is 1. The number of hydrogen-bond donors (Lipinski definition) is 3. The molecule has 1 aliphatic rings. The zero-order chi connectivity index (χ0) is 10.7. The van der Waals surface area contributed by atoms with E-state index in [0.29, 0.717) is 19.0 Å². The van der Waals surface area contributed by atoms with Gasteiger partial charge in [-0.05, 0) is 5.92 Å². The Morgan fingerprint density at radius 3 is 2.64 bits per heavy atom. The van der Waals surface area contributed by atoms with Crippen LogP contribution in [0.3, 0.4) is 0 Å². The van der Waals surface area contributed by atoms with Crippen LogP contribution in [0, 0.1) is 5.92 Å². The molecule has 3 N–H and O–H groups in total. The van der Waals surface area contributed by atoms with Crippen molar-refractivity contribution in [3.63, 3.8) is 0 Å². The van der Waals surface area contributed by atoms with Crippen molar-refractivity contribution in [1.29, 1.82) is 0 Å². The molecule has 5 heteroatoms. The van der Waals surface area contributed by atoms with Gasteiger partial charge in [0.1, 0.15) is 0 Å². The van der Waals surface area contributed by atoms with Gasteiger partial charge < -0.3 is 20.4 Å². The van der Waals surface area contributed by atoms with Crippen molar-refractivity contribution in [2.24, 2.45) is 5.92 Å². The summed E-state index contributed by atoms with van der Waals surface area (Å²) in [5, 5.41) is 21.5. The van der Waals surface area contributed by atoms with Crippen LogP contribution < -0.4 is 5.32 Å². The van der Waals surface area contributed by atoms with Gasteiger partial charge in [0.05, 0.1) is 12.6 Å². The minimum Gasteiger partial charge on any atom is -0.465 e. The monoisotopic (exact) mass is 202 g/mol. The highest BCUT2D eigenvalue weighted by atomic mass is 16.4. The largest absolute Gasteiger partial charge is 0.465 e. The van der Waals surface area contributed by atoms with Gasteiger partial charge in [-0.3, -0.25) is 0 Å². The van der Waals surface area contributed by atoms with Crippen LogP contribution in [0.4, 0.5) is 4.79 Å². The maximum absolute atomic E-state index is 10.8. The molecular formula is C9H18N2O3. The summed E-state index contributed by atoms with van der Waals surface area (Å²) in [6.07, 6.45) is -1.56. The maximum atomic E-state index is 10.8. The van der Waals surface area contributed by atoms with Crippen molar-refractivity contribution in [2.45, 2.75) is 26.0 Å². The van der Waals surface area contributed by atoms with Crippen LogP contribution in [0.2, 0.25) is 0 Å². The van der Waals surface area contributed by atoms with E-state index in [4.69, 9.17) is 5.11 Å². The lowest BCUT2D eigenvalue weighted by atomic mass is 10.0. The first-order valence-corrected chi connectivity index (χ1v) is 4.90. The van der Waals surface area contributed by atoms with Crippen molar-refractivity contribution in [3.8, 4) is 0 Å². The molecule has 1 heterocycles. The fraction of sp³-hybridized carbons (Fsp3) is 0.889. The van der Waals surface area contributed by atoms with Crippen LogP contribution in [-0.4, -0.2) is 53.0 Å². The smallest absolute Gasteiger partial charge is 0.407 e. The zero-order valence-corrected chi connectivity index (χ0v) is 8.60. The second-order valence-electron chi connectivity index (χ2n) is 4.10. The molecule has 0 radical (unpaired) electrons. The zero-order valence-electron chi connectivity index (χ0n) is 8.60. The third-order valence-electron chi connectivity index (χ3n) is 2.54. The molecule has 1 saturated heterocycles. The molecule has 0 bridgehead atoms. The molecule has 0 aromatic rings. The first-order valence-electron chi connectivity index (χ1n) is 4.90. The number of carbonyl (C=O) groups is 1. The number of hydrogen-bond acceptors (Lipinski definition) is 3. The molecular weight excluding hydrogens is 184 g/mol. The molecule has 5 nitrogen and oxygen atoms in total. The lowest BCUT2D eigenvalue weighted by Crippen LogP contribution is -2.42. The van der Waals surface area contributed by atoms with Gasteiger partial charge in [0.15, 0.2) is 0 Å². The van der Waals surface area contributed by atoms with Crippen LogP contribution in [0.15, 0.2) is 0 Å². The molecule has 14 heavy (non-hydrogen) atoms. The molecule has 0 spiro atoms. The molecule has 0 aromatic carbocycles. The molecule has 2 atom stereocenters. The van der Waals surface area contributed by atoms with Crippen LogP contribution >= 0.6 is 0 Å². The van der Waals surface area contributed by atoms with E-state index in [2.05, 4.69) is 5.32 Å². The Morgan fingerprint density at radius 2 is 2.14 bits per heavy atom. The van der Waals surface area contributed by atoms with Crippen molar-refractivity contribution in [1.82, 2.24) is 10.2 Å². The molecule has 82 valence electrons. The average Bonchev–Trinajstić information content (AvgIpc) is 2.26. The summed E-state index contributed by atoms with van der Waals surface area (Å²) in [6, 6.07) is 0.128. The number of aliphatic hydroxyl groups is 1. The number of carboxylic acid groups (broad SMARTS) is 1. The fourth-order valence-electron chi connectivity index (χ4n) is 1.59. The second kappa shape index (κ2) is 4.61. The fourth-order valence-corrected chi connectivity index (χ4v) is 1.59. The van der Waals surface area contributed by atoms with Gasteiger partial charge in [-0.15, -0.1) is 0 Å². The van der Waals surface area contributed by atoms with E-state index in [9.17, 15) is 9.90 Å². The number of nitrogens with zero attached hydrogens (tertiary/aromatic N) is 1. The third kappa shape index (κ3) is 2.85. The Balaban J connectivity index is 2.63. The minimum atomic E-state index is -0.960. The van der Waals surface area contributed by atoms with Crippen molar-refractivity contribution < 1.29 is 15.0 Å². The molecule has 0 unspecified atom stereocenters. The van der Waals surface area contributed by atoms with E-state index < -0.39 is 12.2 Å². The summed E-state index contributed by atoms with van der Waals surface area (Å²) >= 11 is 0. The minimum absolute atomic E-state index is 0.128. The van der Waals surface area contributed by atoms with Crippen LogP contribution in [0.1, 0.15) is 13.8 Å². The molecule has 1 fully saturated rings. The van der Waals surface area contributed by atoms with Gasteiger partial charge in [0.25, 0.3) is 0 Å². The van der Waals surface area contributed by atoms with Crippen LogP contribution in [0.25, 0.3) is 0 Å². The summed E-state index contributed by atoms with van der Waals surface area (Å²) in [7, 11) is 0. The summed E-state index contributed by atoms with van der Waals surface area (Å²) in [5.41, 5.74) is 0. The molecule has 0 saturated carbocycles. The number of nitrogens with one attached hydrogen (secondary N) is 1. The van der Waals surface area contributed by atoms with Gasteiger partial charge in [-0.1, -0.05) is 13.8 Å². The molecule has 1 amide bonds. The topological polar surface area (TPSA) is 72.8 Å². The molecule has 1 rings (SSSR count). The lowest BCUT2D eigenvalue weighted by molar-refractivity contribution is 0.108. The predicted octanol–water partition coefficient (Wildman–Crippen LogP) is -0.0449. The van der Waals surface area contributed by atoms with Gasteiger partial charge in [-0.2, -0.15) is 0 Å². The molecule has 0 aromatic heterocycles. The van der Waals surface area contributed by atoms with Crippen molar-refractivity contribution in [2.75, 3.05) is 19.6 Å². The summed E-state index contributed by atoms with van der Waals surface area (Å²) in [6.45, 7) is 5.19. The van der Waals surface area contributed by atoms with E-state index in [0.717, 1.165) is 0 Å². The van der Waals surface area contributed by atoms with Crippen molar-refractivity contribution >= 4 is 6.09 Å². The Hall–Kier alpha value is -0.810. The molecule has 0 aliphatic carbocycles. The lowest BCUT2D eigenvalue weighted by Gasteiger charge is -2.24. The Kier molecular flexibility index (Phi) is 3.71. The summed E-state index contributed by atoms with van der Waals surface area (Å²) < 4.78 is 0. The normalized spacial score (nSPS) is 29.0. The Labute approximate surface area is 83.7 Å². The number of β-amino-alcohol motifs (C(OH)–C–C–N with tert-alkyl or cyclic N) is 1. The van der Waals surface area contributed by atoms with E-state index in [-0.39, 0.29) is 12.6 Å². The van der Waals surface area contributed by atoms with E-state index >= 15 is 0 Å². The van der Waals surface area contributed by atoms with E-state index in [1.54, 1.807) is 0 Å². The number of amides is 1. The van der Waals surface area contributed by atoms with Gasteiger partial charge >= 0.3 is 6.09 Å². The maximum Gasteiger partial charge on any atom is 0.407 e. The first kappa shape index (κ1) is 11.3. The van der Waals surface area contributed by atoms with Gasteiger partial charge in [0.2, 0.25) is 0 Å². The van der Waals surface area contributed by atoms with Crippen molar-refractivity contribution in [3.05, 3.63) is 0 Å². The van der Waals surface area contributed by atoms with Gasteiger partial charge in [-0.25, -0.2) is 4.79 Å². The predicted molar refractivity (Wildman–Crippen MR) is 52.2 cm³/mol. The first-order chi connectivity index (χ1) is 6.50. The van der Waals surface area contributed by atoms with Gasteiger partial charge in [0, 0.05) is 19.1 Å². The van der Waals surface area contributed by atoms with Crippen LogP contribution in [0.5, 0.6) is 0 Å². The molecule has 1 aliphatic heterocycles. The van der Waals surface area contributed by atoms with E-state index in [1.165, 1.54) is 4.90 Å². The van der Waals surface area contributed by atoms with E-state index in [1.807, 2.05) is 13.8 Å². The Morgan fingerprint density at radius 1 is 1.50 bits per heavy atom. The SMILES string of the molecule is CC(C)[C@H]1CN(C(=O)O)C[C@@H](O)CN1. The summed E-state index contributed by atoms with van der Waals surface area (Å²) in [4.78, 5) is 12.1. The second-order valence-corrected chi connectivity index (χ2v) is 4.10. The highest BCUT2D eigenvalue weighted by molar-refractivity contribution is 5.65. The highest BCUT2D eigenvalue weighted by Crippen LogP contribution is 2.08. The quantitative estimate of drug-likeness (QED) is 0.557. The third-order valence-corrected chi connectivity index (χ3v) is 2.54. The van der Waals surface area contributed by atoms with Crippen LogP contribution in [-0.2, 0) is 0 Å². The Bertz CT molecular complexity index is 208. The average molecular weight is 202 g/mol. The standard InChI is InChI=1S/C9H18N2O3/c1-6(2)8-5-11(9(13)14)4-7(12)3-10-8/h6-8,10,12H,3-5H2,1-2H3,(H,13,14)/t7-,8+/m0/s1.